The van der Waals surface area contributed by atoms with Crippen molar-refractivity contribution < 1.29 is 4.74 Å². The van der Waals surface area contributed by atoms with Crippen molar-refractivity contribution >= 4 is 23.2 Å². The minimum absolute atomic E-state index is 0.404. The van der Waals surface area contributed by atoms with Gasteiger partial charge in [-0.05, 0) is 12.8 Å². The summed E-state index contributed by atoms with van der Waals surface area (Å²) in [6, 6.07) is 0. The van der Waals surface area contributed by atoms with Crippen LogP contribution in [0.4, 0.5) is 0 Å². The Bertz CT molecular complexity index is 299. The Labute approximate surface area is 86.0 Å². The molecule has 0 amide bonds. The maximum atomic E-state index is 5.90. The lowest BCUT2D eigenvalue weighted by molar-refractivity contribution is 0.125. The van der Waals surface area contributed by atoms with Gasteiger partial charge in [0.2, 0.25) is 0 Å². The number of aromatic nitrogens is 2. The van der Waals surface area contributed by atoms with Gasteiger partial charge >= 0.3 is 0 Å². The quantitative estimate of drug-likeness (QED) is 0.671. The molecule has 3 nitrogen and oxygen atoms in total. The van der Waals surface area contributed by atoms with E-state index < -0.39 is 0 Å². The third-order valence-corrected chi connectivity index (χ3v) is 2.66. The van der Waals surface area contributed by atoms with E-state index in [1.54, 1.807) is 0 Å². The van der Waals surface area contributed by atoms with Crippen molar-refractivity contribution in [2.45, 2.75) is 19.4 Å². The first-order valence-corrected chi connectivity index (χ1v) is 4.82. The van der Waals surface area contributed by atoms with Crippen molar-refractivity contribution in [1.82, 2.24) is 10.2 Å². The first-order valence-electron chi connectivity index (χ1n) is 4.06. The van der Waals surface area contributed by atoms with Crippen molar-refractivity contribution in [3.8, 4) is 0 Å². The van der Waals surface area contributed by atoms with Gasteiger partial charge in [0.1, 0.15) is 0 Å². The number of halogens is 2. The van der Waals surface area contributed by atoms with Crippen molar-refractivity contribution in [2.24, 2.45) is 0 Å². The van der Waals surface area contributed by atoms with Crippen LogP contribution in [0.15, 0.2) is 0 Å². The summed E-state index contributed by atoms with van der Waals surface area (Å²) in [5.74, 6) is 0. The summed E-state index contributed by atoms with van der Waals surface area (Å²) >= 11 is 11.8. The number of ether oxygens (including phenoxy) is 1. The summed E-state index contributed by atoms with van der Waals surface area (Å²) in [6.07, 6.45) is 1.82. The van der Waals surface area contributed by atoms with Crippen LogP contribution >= 0.6 is 23.2 Å². The Balaban J connectivity index is 2.50. The molecule has 1 aliphatic heterocycles. The van der Waals surface area contributed by atoms with Gasteiger partial charge in [0, 0.05) is 17.7 Å². The van der Waals surface area contributed by atoms with E-state index in [0.717, 1.165) is 30.6 Å². The predicted octanol–water partition coefficient (Wildman–Crippen LogP) is 2.25. The van der Waals surface area contributed by atoms with E-state index in [9.17, 15) is 0 Å². The highest BCUT2D eigenvalue weighted by Crippen LogP contribution is 2.26. The minimum atomic E-state index is 0.404. The van der Waals surface area contributed by atoms with E-state index in [0.29, 0.717) is 16.9 Å². The van der Waals surface area contributed by atoms with Crippen LogP contribution in [0.1, 0.15) is 17.5 Å². The van der Waals surface area contributed by atoms with E-state index in [-0.39, 0.29) is 0 Å². The molecular weight excluding hydrogens is 211 g/mol. The average Bonchev–Trinajstić information content (AvgIpc) is 2.37. The lowest BCUT2D eigenvalue weighted by atomic mass is 10.1. The molecule has 0 saturated carbocycles. The van der Waals surface area contributed by atoms with E-state index >= 15 is 0 Å². The number of nitrogens with zero attached hydrogens (tertiary/aromatic N) is 2. The molecular formula is C8H8Cl2N2O. The molecule has 70 valence electrons. The highest BCUT2D eigenvalue weighted by molar-refractivity contribution is 6.32. The number of rotatable bonds is 0. The second kappa shape index (κ2) is 3.78. The van der Waals surface area contributed by atoms with Crippen molar-refractivity contribution in [2.75, 3.05) is 6.61 Å². The first kappa shape index (κ1) is 9.19. The van der Waals surface area contributed by atoms with Crippen LogP contribution in [0.3, 0.4) is 0 Å². The molecule has 13 heavy (non-hydrogen) atoms. The summed E-state index contributed by atoms with van der Waals surface area (Å²) < 4.78 is 5.35. The summed E-state index contributed by atoms with van der Waals surface area (Å²) in [7, 11) is 0. The number of fused-ring (bicyclic) bond motifs is 1. The smallest absolute Gasteiger partial charge is 0.157 e. The lowest BCUT2D eigenvalue weighted by Crippen LogP contribution is -1.99. The van der Waals surface area contributed by atoms with Crippen LogP contribution in [0.5, 0.6) is 0 Å². The molecule has 0 saturated heterocycles. The van der Waals surface area contributed by atoms with Gasteiger partial charge in [0.25, 0.3) is 0 Å². The fourth-order valence-electron chi connectivity index (χ4n) is 1.38. The highest BCUT2D eigenvalue weighted by Gasteiger charge is 2.16. The minimum Gasteiger partial charge on any atom is -0.377 e. The molecule has 0 fully saturated rings. The summed E-state index contributed by atoms with van der Waals surface area (Å²) in [5.41, 5.74) is 1.87. The molecule has 2 heterocycles. The molecule has 0 atom stereocenters. The van der Waals surface area contributed by atoms with E-state index in [1.165, 1.54) is 0 Å². The van der Waals surface area contributed by atoms with Crippen LogP contribution in [-0.4, -0.2) is 16.8 Å². The maximum Gasteiger partial charge on any atom is 0.157 e. The van der Waals surface area contributed by atoms with Crippen LogP contribution < -0.4 is 0 Å². The van der Waals surface area contributed by atoms with Gasteiger partial charge in [-0.25, -0.2) is 0 Å². The Kier molecular flexibility index (Phi) is 2.67. The van der Waals surface area contributed by atoms with Crippen molar-refractivity contribution in [1.29, 1.82) is 0 Å². The summed E-state index contributed by atoms with van der Waals surface area (Å²) in [6.45, 7) is 1.23. The largest absolute Gasteiger partial charge is 0.377 e. The Morgan fingerprint density at radius 2 is 1.77 bits per heavy atom. The van der Waals surface area contributed by atoms with Gasteiger partial charge in [0.15, 0.2) is 10.3 Å². The second-order valence-electron chi connectivity index (χ2n) is 2.89. The van der Waals surface area contributed by atoms with Crippen molar-refractivity contribution in [3.05, 3.63) is 21.4 Å². The predicted molar refractivity (Wildman–Crippen MR) is 50.0 cm³/mol. The molecule has 0 radical (unpaired) electrons. The second-order valence-corrected chi connectivity index (χ2v) is 3.61. The zero-order chi connectivity index (χ0) is 9.26. The molecule has 1 aromatic heterocycles. The van der Waals surface area contributed by atoms with Gasteiger partial charge < -0.3 is 4.74 Å². The van der Waals surface area contributed by atoms with Crippen LogP contribution in [-0.2, 0) is 17.8 Å². The molecule has 0 N–H and O–H groups in total. The molecule has 0 spiro atoms. The van der Waals surface area contributed by atoms with E-state index in [2.05, 4.69) is 10.2 Å². The van der Waals surface area contributed by atoms with E-state index in [4.69, 9.17) is 27.9 Å². The van der Waals surface area contributed by atoms with Crippen LogP contribution in [0.2, 0.25) is 10.3 Å². The monoisotopic (exact) mass is 218 g/mol. The molecule has 0 aliphatic carbocycles. The van der Waals surface area contributed by atoms with Gasteiger partial charge in [-0.3, -0.25) is 0 Å². The van der Waals surface area contributed by atoms with Crippen LogP contribution in [0.25, 0.3) is 0 Å². The number of hydrogen-bond acceptors (Lipinski definition) is 3. The third kappa shape index (κ3) is 1.77. The lowest BCUT2D eigenvalue weighted by Gasteiger charge is -2.06. The topological polar surface area (TPSA) is 35.0 Å². The van der Waals surface area contributed by atoms with Gasteiger partial charge in [0.05, 0.1) is 6.61 Å². The van der Waals surface area contributed by atoms with Gasteiger partial charge in [-0.1, -0.05) is 23.2 Å². The molecule has 0 unspecified atom stereocenters. The fraction of sp³-hybridized carbons (Fsp3) is 0.500. The Morgan fingerprint density at radius 1 is 1.08 bits per heavy atom. The molecule has 2 rings (SSSR count). The van der Waals surface area contributed by atoms with Crippen molar-refractivity contribution in [3.63, 3.8) is 0 Å². The van der Waals surface area contributed by atoms with Gasteiger partial charge in [-0.15, -0.1) is 10.2 Å². The molecule has 1 aliphatic rings. The molecule has 5 heteroatoms. The zero-order valence-corrected chi connectivity index (χ0v) is 8.40. The average molecular weight is 219 g/mol. The molecule has 0 bridgehead atoms. The molecule has 1 aromatic rings. The van der Waals surface area contributed by atoms with Crippen LogP contribution in [0, 0.1) is 0 Å². The Hall–Kier alpha value is -0.380. The highest BCUT2D eigenvalue weighted by atomic mass is 35.5. The van der Waals surface area contributed by atoms with Gasteiger partial charge in [-0.2, -0.15) is 0 Å². The number of hydrogen-bond donors (Lipinski definition) is 0. The maximum absolute atomic E-state index is 5.90. The third-order valence-electron chi connectivity index (χ3n) is 2.05. The normalized spacial score (nSPS) is 16.5. The standard InChI is InChI=1S/C8H8Cl2N2O/c9-7-5-2-1-3-13-4-6(5)8(10)12-11-7/h1-4H2. The SMILES string of the molecule is Clc1nnc(Cl)c2c1CCCOC2. The summed E-state index contributed by atoms with van der Waals surface area (Å²) in [4.78, 5) is 0. The summed E-state index contributed by atoms with van der Waals surface area (Å²) in [5, 5.41) is 8.35. The fourth-order valence-corrected chi connectivity index (χ4v) is 1.84. The van der Waals surface area contributed by atoms with E-state index in [1.807, 2.05) is 0 Å². The first-order chi connectivity index (χ1) is 6.29. The Morgan fingerprint density at radius 3 is 2.54 bits per heavy atom. The zero-order valence-electron chi connectivity index (χ0n) is 6.89. The molecule has 0 aromatic carbocycles.